The van der Waals surface area contributed by atoms with Crippen molar-refractivity contribution in [1.29, 1.82) is 0 Å². The SMILES string of the molecule is CCCCC(OC)(c1cc(Cl)cc(Cl)c1)C(F)(F)F. The Morgan fingerprint density at radius 1 is 1.11 bits per heavy atom. The van der Waals surface area contributed by atoms with Crippen LogP contribution in [0, 0.1) is 0 Å². The Kier molecular flexibility index (Phi) is 5.53. The molecule has 1 unspecified atom stereocenters. The number of hydrogen-bond donors (Lipinski definition) is 0. The monoisotopic (exact) mass is 314 g/mol. The molecule has 0 aliphatic rings. The summed E-state index contributed by atoms with van der Waals surface area (Å²) < 4.78 is 45.2. The molecule has 0 saturated carbocycles. The number of unbranched alkanes of at least 4 members (excludes halogenated alkanes) is 1. The third-order valence-electron chi connectivity index (χ3n) is 3.02. The summed E-state index contributed by atoms with van der Waals surface area (Å²) in [5.74, 6) is 0. The van der Waals surface area contributed by atoms with Crippen LogP contribution in [0.1, 0.15) is 31.7 Å². The van der Waals surface area contributed by atoms with Gasteiger partial charge in [0.15, 0.2) is 5.60 Å². The van der Waals surface area contributed by atoms with E-state index in [4.69, 9.17) is 27.9 Å². The van der Waals surface area contributed by atoms with Gasteiger partial charge in [-0.1, -0.05) is 43.0 Å². The largest absolute Gasteiger partial charge is 0.421 e. The van der Waals surface area contributed by atoms with Gasteiger partial charge in [0.1, 0.15) is 0 Å². The zero-order valence-electron chi connectivity index (χ0n) is 10.7. The molecule has 0 spiro atoms. The first-order valence-electron chi connectivity index (χ1n) is 5.85. The lowest BCUT2D eigenvalue weighted by Gasteiger charge is -2.35. The van der Waals surface area contributed by atoms with Crippen LogP contribution in [0.15, 0.2) is 18.2 Å². The van der Waals surface area contributed by atoms with Gasteiger partial charge in [-0.15, -0.1) is 0 Å². The van der Waals surface area contributed by atoms with E-state index in [1.807, 2.05) is 6.92 Å². The molecule has 0 bridgehead atoms. The van der Waals surface area contributed by atoms with Gasteiger partial charge in [0.25, 0.3) is 0 Å². The second kappa shape index (κ2) is 6.33. The smallest absolute Gasteiger partial charge is 0.364 e. The lowest BCUT2D eigenvalue weighted by Crippen LogP contribution is -2.44. The topological polar surface area (TPSA) is 9.23 Å². The van der Waals surface area contributed by atoms with Gasteiger partial charge in [-0.25, -0.2) is 0 Å². The normalized spacial score (nSPS) is 15.3. The van der Waals surface area contributed by atoms with E-state index in [2.05, 4.69) is 0 Å². The van der Waals surface area contributed by atoms with E-state index in [1.54, 1.807) is 0 Å². The summed E-state index contributed by atoms with van der Waals surface area (Å²) >= 11 is 11.6. The molecule has 6 heteroatoms. The summed E-state index contributed by atoms with van der Waals surface area (Å²) in [7, 11) is 1.05. The Balaban J connectivity index is 3.36. The van der Waals surface area contributed by atoms with Gasteiger partial charge in [-0.3, -0.25) is 0 Å². The van der Waals surface area contributed by atoms with Crippen LogP contribution >= 0.6 is 23.2 Å². The second-order valence-electron chi connectivity index (χ2n) is 4.29. The molecule has 1 aromatic rings. The van der Waals surface area contributed by atoms with Gasteiger partial charge in [-0.05, 0) is 30.2 Å². The summed E-state index contributed by atoms with van der Waals surface area (Å²) in [5, 5.41) is 0.314. The fraction of sp³-hybridized carbons (Fsp3) is 0.538. The summed E-state index contributed by atoms with van der Waals surface area (Å²) in [6, 6.07) is 3.89. The average molecular weight is 315 g/mol. The molecule has 0 aliphatic heterocycles. The summed E-state index contributed by atoms with van der Waals surface area (Å²) in [4.78, 5) is 0. The minimum Gasteiger partial charge on any atom is -0.364 e. The first-order chi connectivity index (χ1) is 8.76. The molecular weight excluding hydrogens is 300 g/mol. The van der Waals surface area contributed by atoms with E-state index in [-0.39, 0.29) is 22.0 Å². The lowest BCUT2D eigenvalue weighted by atomic mass is 9.87. The van der Waals surface area contributed by atoms with Crippen LogP contribution in [-0.2, 0) is 10.3 Å². The zero-order chi connectivity index (χ0) is 14.7. The number of benzene rings is 1. The molecule has 19 heavy (non-hydrogen) atoms. The van der Waals surface area contributed by atoms with Gasteiger partial charge >= 0.3 is 6.18 Å². The van der Waals surface area contributed by atoms with E-state index in [1.165, 1.54) is 18.2 Å². The van der Waals surface area contributed by atoms with E-state index >= 15 is 0 Å². The quantitative estimate of drug-likeness (QED) is 0.688. The molecule has 108 valence electrons. The van der Waals surface area contributed by atoms with E-state index in [0.717, 1.165) is 7.11 Å². The van der Waals surface area contributed by atoms with Gasteiger partial charge in [-0.2, -0.15) is 13.2 Å². The molecule has 1 atom stereocenters. The average Bonchev–Trinajstić information content (AvgIpc) is 2.27. The molecule has 0 aliphatic carbocycles. The van der Waals surface area contributed by atoms with Crippen LogP contribution in [0.25, 0.3) is 0 Å². The molecule has 0 aromatic heterocycles. The number of ether oxygens (including phenoxy) is 1. The maximum atomic E-state index is 13.4. The molecule has 1 nitrogen and oxygen atoms in total. The molecule has 0 heterocycles. The third kappa shape index (κ3) is 3.56. The van der Waals surface area contributed by atoms with Gasteiger partial charge in [0.05, 0.1) is 0 Å². The molecular formula is C13H15Cl2F3O. The van der Waals surface area contributed by atoms with Crippen LogP contribution < -0.4 is 0 Å². The van der Waals surface area contributed by atoms with Crippen LogP contribution in [0.5, 0.6) is 0 Å². The van der Waals surface area contributed by atoms with Crippen LogP contribution in [0.4, 0.5) is 13.2 Å². The minimum absolute atomic E-state index is 0.0616. The van der Waals surface area contributed by atoms with Crippen molar-refractivity contribution in [2.45, 2.75) is 38.0 Å². The Morgan fingerprint density at radius 2 is 1.63 bits per heavy atom. The predicted octanol–water partition coefficient (Wildman–Crippen LogP) is 5.59. The zero-order valence-corrected chi connectivity index (χ0v) is 12.2. The van der Waals surface area contributed by atoms with Gasteiger partial charge in [0, 0.05) is 17.2 Å². The van der Waals surface area contributed by atoms with Crippen molar-refractivity contribution in [3.05, 3.63) is 33.8 Å². The maximum Gasteiger partial charge on any atom is 0.421 e. The molecule has 0 amide bonds. The standard InChI is InChI=1S/C13H15Cl2F3O/c1-3-4-5-12(19-2,13(16,17)18)9-6-10(14)8-11(15)7-9/h6-8H,3-5H2,1-2H3. The number of methoxy groups -OCH3 is 1. The van der Waals surface area contributed by atoms with Crippen molar-refractivity contribution in [3.63, 3.8) is 0 Å². The number of rotatable bonds is 5. The van der Waals surface area contributed by atoms with Crippen molar-refractivity contribution >= 4 is 23.2 Å². The van der Waals surface area contributed by atoms with Crippen molar-refractivity contribution in [1.82, 2.24) is 0 Å². The highest BCUT2D eigenvalue weighted by Crippen LogP contribution is 2.46. The Labute approximate surface area is 120 Å². The molecule has 1 aromatic carbocycles. The Bertz CT molecular complexity index is 414. The molecule has 0 N–H and O–H groups in total. The Hall–Kier alpha value is -0.450. The third-order valence-corrected chi connectivity index (χ3v) is 3.45. The molecule has 0 fully saturated rings. The van der Waals surface area contributed by atoms with Crippen molar-refractivity contribution in [2.75, 3.05) is 7.11 Å². The fourth-order valence-corrected chi connectivity index (χ4v) is 2.52. The van der Waals surface area contributed by atoms with Crippen LogP contribution in [0.2, 0.25) is 10.0 Å². The summed E-state index contributed by atoms with van der Waals surface area (Å²) in [5.41, 5.74) is -2.43. The predicted molar refractivity (Wildman–Crippen MR) is 70.7 cm³/mol. The highest BCUT2D eigenvalue weighted by atomic mass is 35.5. The number of hydrogen-bond acceptors (Lipinski definition) is 1. The molecule has 0 saturated heterocycles. The number of alkyl halides is 3. The lowest BCUT2D eigenvalue weighted by molar-refractivity contribution is -0.279. The number of halogens is 5. The molecule has 1 rings (SSSR count). The van der Waals surface area contributed by atoms with E-state index in [9.17, 15) is 13.2 Å². The summed E-state index contributed by atoms with van der Waals surface area (Å²) in [6.07, 6.45) is -3.68. The highest BCUT2D eigenvalue weighted by molar-refractivity contribution is 6.34. The minimum atomic E-state index is -4.54. The molecule has 0 radical (unpaired) electrons. The van der Waals surface area contributed by atoms with E-state index < -0.39 is 11.8 Å². The van der Waals surface area contributed by atoms with Crippen LogP contribution in [-0.4, -0.2) is 13.3 Å². The van der Waals surface area contributed by atoms with Gasteiger partial charge < -0.3 is 4.74 Å². The maximum absolute atomic E-state index is 13.4. The highest BCUT2D eigenvalue weighted by Gasteiger charge is 2.56. The van der Waals surface area contributed by atoms with Crippen molar-refractivity contribution in [2.24, 2.45) is 0 Å². The van der Waals surface area contributed by atoms with Gasteiger partial charge in [0.2, 0.25) is 0 Å². The second-order valence-corrected chi connectivity index (χ2v) is 5.16. The first kappa shape index (κ1) is 16.6. The van der Waals surface area contributed by atoms with E-state index in [0.29, 0.717) is 12.8 Å². The first-order valence-corrected chi connectivity index (χ1v) is 6.61. The summed E-state index contributed by atoms with van der Waals surface area (Å²) in [6.45, 7) is 1.82. The van der Waals surface area contributed by atoms with Crippen molar-refractivity contribution < 1.29 is 17.9 Å². The van der Waals surface area contributed by atoms with Crippen LogP contribution in [0.3, 0.4) is 0 Å². The fourth-order valence-electron chi connectivity index (χ4n) is 2.00. The Morgan fingerprint density at radius 3 is 2.00 bits per heavy atom. The van der Waals surface area contributed by atoms with Crippen molar-refractivity contribution in [3.8, 4) is 0 Å².